The fourth-order valence-corrected chi connectivity index (χ4v) is 1.83. The van der Waals surface area contributed by atoms with Gasteiger partial charge < -0.3 is 4.57 Å². The quantitative estimate of drug-likeness (QED) is 0.899. The van der Waals surface area contributed by atoms with Gasteiger partial charge in [0, 0.05) is 17.2 Å². The zero-order valence-corrected chi connectivity index (χ0v) is 10.2. The van der Waals surface area contributed by atoms with Gasteiger partial charge in [-0.3, -0.25) is 10.1 Å². The van der Waals surface area contributed by atoms with Crippen LogP contribution in [-0.4, -0.2) is 25.7 Å². The van der Waals surface area contributed by atoms with Crippen molar-refractivity contribution >= 4 is 27.8 Å². The van der Waals surface area contributed by atoms with Crippen molar-refractivity contribution < 1.29 is 4.79 Å². The highest BCUT2D eigenvalue weighted by Crippen LogP contribution is 2.15. The van der Waals surface area contributed by atoms with Gasteiger partial charge in [-0.05, 0) is 28.9 Å². The molecule has 1 amide bonds. The minimum absolute atomic E-state index is 0.218. The highest BCUT2D eigenvalue weighted by molar-refractivity contribution is 9.10. The summed E-state index contributed by atoms with van der Waals surface area (Å²) >= 11 is 3.33. The zero-order chi connectivity index (χ0) is 11.5. The molecule has 0 fully saturated rings. The van der Waals surface area contributed by atoms with Crippen molar-refractivity contribution in [2.45, 2.75) is 13.5 Å². The van der Waals surface area contributed by atoms with Crippen LogP contribution in [0.15, 0.2) is 23.1 Å². The molecule has 2 aromatic heterocycles. The number of halogens is 1. The van der Waals surface area contributed by atoms with Gasteiger partial charge in [-0.25, -0.2) is 5.10 Å². The molecule has 0 saturated heterocycles. The molecule has 7 heteroatoms. The van der Waals surface area contributed by atoms with Gasteiger partial charge in [-0.15, -0.1) is 0 Å². The molecule has 0 aromatic carbocycles. The number of aryl methyl sites for hydroxylation is 1. The van der Waals surface area contributed by atoms with Crippen molar-refractivity contribution in [3.8, 4) is 0 Å². The summed E-state index contributed by atoms with van der Waals surface area (Å²) in [4.78, 5) is 15.7. The van der Waals surface area contributed by atoms with E-state index < -0.39 is 0 Å². The van der Waals surface area contributed by atoms with Crippen LogP contribution in [0.3, 0.4) is 0 Å². The average molecular weight is 284 g/mol. The fourth-order valence-electron chi connectivity index (χ4n) is 1.36. The molecule has 0 bridgehead atoms. The maximum atomic E-state index is 11.9. The lowest BCUT2D eigenvalue weighted by atomic mass is 10.4. The number of hydrogen-bond donors (Lipinski definition) is 2. The van der Waals surface area contributed by atoms with Gasteiger partial charge in [0.15, 0.2) is 0 Å². The first-order chi connectivity index (χ1) is 7.70. The first-order valence-corrected chi connectivity index (χ1v) is 5.52. The lowest BCUT2D eigenvalue weighted by Gasteiger charge is -2.04. The van der Waals surface area contributed by atoms with E-state index in [1.54, 1.807) is 6.07 Å². The number of aromatic nitrogens is 4. The molecule has 0 spiro atoms. The van der Waals surface area contributed by atoms with E-state index in [1.165, 1.54) is 6.33 Å². The molecule has 2 heterocycles. The number of rotatable bonds is 3. The van der Waals surface area contributed by atoms with Gasteiger partial charge in [-0.2, -0.15) is 10.1 Å². The molecular formula is C9H10BrN5O. The molecule has 0 aliphatic heterocycles. The van der Waals surface area contributed by atoms with Crippen LogP contribution in [-0.2, 0) is 6.54 Å². The summed E-state index contributed by atoms with van der Waals surface area (Å²) in [5.74, 6) is 0.120. The van der Waals surface area contributed by atoms with Crippen molar-refractivity contribution in [1.29, 1.82) is 0 Å². The van der Waals surface area contributed by atoms with Crippen LogP contribution in [0.25, 0.3) is 0 Å². The lowest BCUT2D eigenvalue weighted by Crippen LogP contribution is -2.17. The Balaban J connectivity index is 2.20. The molecule has 0 atom stereocenters. The summed E-state index contributed by atoms with van der Waals surface area (Å²) in [6.45, 7) is 2.70. The Morgan fingerprint density at radius 2 is 2.50 bits per heavy atom. The third-order valence-electron chi connectivity index (χ3n) is 2.08. The molecule has 0 aliphatic rings. The van der Waals surface area contributed by atoms with Gasteiger partial charge in [0.2, 0.25) is 5.95 Å². The summed E-state index contributed by atoms with van der Waals surface area (Å²) in [6, 6.07) is 1.76. The van der Waals surface area contributed by atoms with E-state index in [0.717, 1.165) is 11.0 Å². The molecule has 84 valence electrons. The molecule has 2 rings (SSSR count). The molecular weight excluding hydrogens is 274 g/mol. The van der Waals surface area contributed by atoms with E-state index in [4.69, 9.17) is 0 Å². The Morgan fingerprint density at radius 1 is 1.69 bits per heavy atom. The predicted octanol–water partition coefficient (Wildman–Crippen LogP) is 1.64. The molecule has 0 aliphatic carbocycles. The number of carbonyl (C=O) groups is 1. The molecule has 0 saturated carbocycles. The Bertz CT molecular complexity index is 490. The summed E-state index contributed by atoms with van der Waals surface area (Å²) < 4.78 is 2.72. The maximum absolute atomic E-state index is 11.9. The second-order valence-electron chi connectivity index (χ2n) is 3.12. The number of H-pyrrole nitrogens is 1. The van der Waals surface area contributed by atoms with Gasteiger partial charge in [0.25, 0.3) is 5.91 Å². The number of hydrogen-bond acceptors (Lipinski definition) is 3. The van der Waals surface area contributed by atoms with Crippen molar-refractivity contribution in [1.82, 2.24) is 19.7 Å². The third kappa shape index (κ3) is 2.13. The van der Waals surface area contributed by atoms with Gasteiger partial charge in [-0.1, -0.05) is 0 Å². The summed E-state index contributed by atoms with van der Waals surface area (Å²) in [5.41, 5.74) is 0.575. The number of nitrogens with zero attached hydrogens (tertiary/aromatic N) is 3. The van der Waals surface area contributed by atoms with Crippen LogP contribution < -0.4 is 5.32 Å². The SMILES string of the molecule is CCn1cc(Br)cc1C(=O)Nc1ncn[nH]1. The molecule has 2 aromatic rings. The first kappa shape index (κ1) is 10.9. The van der Waals surface area contributed by atoms with Crippen molar-refractivity contribution in [3.63, 3.8) is 0 Å². The molecule has 6 nitrogen and oxygen atoms in total. The van der Waals surface area contributed by atoms with E-state index in [2.05, 4.69) is 36.4 Å². The minimum atomic E-state index is -0.218. The van der Waals surface area contributed by atoms with Crippen molar-refractivity contribution in [3.05, 3.63) is 28.8 Å². The monoisotopic (exact) mass is 283 g/mol. The Kier molecular flexibility index (Phi) is 3.04. The third-order valence-corrected chi connectivity index (χ3v) is 2.52. The Morgan fingerprint density at radius 3 is 3.12 bits per heavy atom. The van der Waals surface area contributed by atoms with Crippen LogP contribution in [0.4, 0.5) is 5.95 Å². The highest BCUT2D eigenvalue weighted by Gasteiger charge is 2.13. The smallest absolute Gasteiger partial charge is 0.274 e. The number of aromatic amines is 1. The standard InChI is InChI=1S/C9H10BrN5O/c1-2-15-4-6(10)3-7(15)8(16)13-9-11-5-12-14-9/h3-5H,2H2,1H3,(H2,11,12,13,14,16). The molecule has 0 radical (unpaired) electrons. The number of nitrogens with one attached hydrogen (secondary N) is 2. The average Bonchev–Trinajstić information content (AvgIpc) is 2.86. The Labute approximate surface area is 100 Å². The summed E-state index contributed by atoms with van der Waals surface area (Å²) in [6.07, 6.45) is 3.19. The minimum Gasteiger partial charge on any atom is -0.343 e. The molecule has 0 unspecified atom stereocenters. The second-order valence-corrected chi connectivity index (χ2v) is 4.03. The second kappa shape index (κ2) is 4.48. The predicted molar refractivity (Wildman–Crippen MR) is 62.1 cm³/mol. The molecule has 16 heavy (non-hydrogen) atoms. The van der Waals surface area contributed by atoms with Crippen LogP contribution in [0.2, 0.25) is 0 Å². The van der Waals surface area contributed by atoms with Gasteiger partial charge in [0.05, 0.1) is 0 Å². The largest absolute Gasteiger partial charge is 0.343 e. The lowest BCUT2D eigenvalue weighted by molar-refractivity contribution is 0.101. The van der Waals surface area contributed by atoms with Crippen LogP contribution >= 0.6 is 15.9 Å². The molecule has 2 N–H and O–H groups in total. The topological polar surface area (TPSA) is 75.6 Å². The Hall–Kier alpha value is -1.63. The zero-order valence-electron chi connectivity index (χ0n) is 8.57. The van der Waals surface area contributed by atoms with Crippen LogP contribution in [0, 0.1) is 0 Å². The first-order valence-electron chi connectivity index (χ1n) is 4.73. The van der Waals surface area contributed by atoms with Crippen LogP contribution in [0.5, 0.6) is 0 Å². The van der Waals surface area contributed by atoms with E-state index in [9.17, 15) is 4.79 Å². The van der Waals surface area contributed by atoms with Crippen LogP contribution in [0.1, 0.15) is 17.4 Å². The fraction of sp³-hybridized carbons (Fsp3) is 0.222. The van der Waals surface area contributed by atoms with Gasteiger partial charge >= 0.3 is 0 Å². The van der Waals surface area contributed by atoms with E-state index in [0.29, 0.717) is 11.6 Å². The summed E-state index contributed by atoms with van der Waals surface area (Å²) in [5, 5.41) is 8.83. The highest BCUT2D eigenvalue weighted by atomic mass is 79.9. The van der Waals surface area contributed by atoms with Crippen molar-refractivity contribution in [2.24, 2.45) is 0 Å². The maximum Gasteiger partial charge on any atom is 0.274 e. The van der Waals surface area contributed by atoms with Crippen molar-refractivity contribution in [2.75, 3.05) is 5.32 Å². The number of amides is 1. The van der Waals surface area contributed by atoms with Gasteiger partial charge in [0.1, 0.15) is 12.0 Å². The number of carbonyl (C=O) groups excluding carboxylic acids is 1. The summed E-state index contributed by atoms with van der Waals surface area (Å²) in [7, 11) is 0. The van der Waals surface area contributed by atoms with E-state index >= 15 is 0 Å². The normalized spacial score (nSPS) is 10.4. The number of anilines is 1. The van der Waals surface area contributed by atoms with E-state index in [-0.39, 0.29) is 5.91 Å². The van der Waals surface area contributed by atoms with E-state index in [1.807, 2.05) is 17.7 Å².